The first-order valence-corrected chi connectivity index (χ1v) is 9.95. The standard InChI is InChI=1S/C24H21F2N5O/c1-24(2,23(27)32)10-9-18-4-3-11-31-22(18)20(13-29-31)17-7-5-16(6-8-17)19-12-28-30(14-19)15-21(25)26/h3-8,11-14,21H,15H2,1-2H3,(H2,27,32). The Labute approximate surface area is 183 Å². The predicted molar refractivity (Wildman–Crippen MR) is 118 cm³/mol. The fourth-order valence-electron chi connectivity index (χ4n) is 3.24. The number of pyridine rings is 1. The number of nitrogens with two attached hydrogens (primary N) is 1. The number of carbonyl (C=O) groups excluding carboxylic acids is 1. The number of hydrogen-bond donors (Lipinski definition) is 1. The summed E-state index contributed by atoms with van der Waals surface area (Å²) in [5, 5.41) is 8.41. The molecule has 0 bridgehead atoms. The minimum atomic E-state index is -2.45. The minimum absolute atomic E-state index is 0.434. The van der Waals surface area contributed by atoms with Crippen LogP contribution >= 0.6 is 0 Å². The molecule has 32 heavy (non-hydrogen) atoms. The topological polar surface area (TPSA) is 78.2 Å². The molecule has 0 atom stereocenters. The van der Waals surface area contributed by atoms with Gasteiger partial charge in [0.15, 0.2) is 0 Å². The third-order valence-corrected chi connectivity index (χ3v) is 5.15. The van der Waals surface area contributed by atoms with E-state index in [4.69, 9.17) is 5.73 Å². The number of primary amides is 1. The van der Waals surface area contributed by atoms with Gasteiger partial charge in [-0.05, 0) is 37.1 Å². The summed E-state index contributed by atoms with van der Waals surface area (Å²) in [6.07, 6.45) is 4.31. The zero-order chi connectivity index (χ0) is 22.9. The van der Waals surface area contributed by atoms with Gasteiger partial charge in [0.05, 0.1) is 23.5 Å². The molecule has 0 aliphatic carbocycles. The largest absolute Gasteiger partial charge is 0.368 e. The average molecular weight is 433 g/mol. The number of fused-ring (bicyclic) bond motifs is 1. The molecular weight excluding hydrogens is 412 g/mol. The maximum atomic E-state index is 12.6. The number of aromatic nitrogens is 4. The van der Waals surface area contributed by atoms with Crippen molar-refractivity contribution in [2.24, 2.45) is 11.1 Å². The van der Waals surface area contributed by atoms with Crippen molar-refractivity contribution in [2.45, 2.75) is 26.8 Å². The van der Waals surface area contributed by atoms with Gasteiger partial charge in [0, 0.05) is 23.5 Å². The van der Waals surface area contributed by atoms with E-state index < -0.39 is 24.3 Å². The van der Waals surface area contributed by atoms with Crippen LogP contribution in [0, 0.1) is 17.3 Å². The van der Waals surface area contributed by atoms with E-state index in [1.54, 1.807) is 37.0 Å². The summed E-state index contributed by atoms with van der Waals surface area (Å²) in [6, 6.07) is 11.4. The highest BCUT2D eigenvalue weighted by molar-refractivity contribution is 5.87. The highest BCUT2D eigenvalue weighted by Gasteiger charge is 2.21. The molecule has 3 aromatic heterocycles. The quantitative estimate of drug-likeness (QED) is 0.484. The molecule has 162 valence electrons. The molecule has 0 unspecified atom stereocenters. The Balaban J connectivity index is 1.69. The fourth-order valence-corrected chi connectivity index (χ4v) is 3.24. The molecule has 2 N–H and O–H groups in total. The van der Waals surface area contributed by atoms with Crippen LogP contribution in [0.3, 0.4) is 0 Å². The van der Waals surface area contributed by atoms with E-state index in [-0.39, 0.29) is 0 Å². The molecule has 6 nitrogen and oxygen atoms in total. The zero-order valence-electron chi connectivity index (χ0n) is 17.6. The molecule has 4 aromatic rings. The average Bonchev–Trinajstić information content (AvgIpc) is 3.39. The van der Waals surface area contributed by atoms with Crippen LogP contribution in [-0.4, -0.2) is 31.7 Å². The smallest absolute Gasteiger partial charge is 0.257 e. The minimum Gasteiger partial charge on any atom is -0.368 e. The number of rotatable bonds is 5. The summed E-state index contributed by atoms with van der Waals surface area (Å²) in [5.74, 6) is 5.54. The lowest BCUT2D eigenvalue weighted by molar-refractivity contribution is -0.123. The Morgan fingerprint density at radius 2 is 1.81 bits per heavy atom. The van der Waals surface area contributed by atoms with Crippen LogP contribution in [0.2, 0.25) is 0 Å². The predicted octanol–water partition coefficient (Wildman–Crippen LogP) is 3.99. The van der Waals surface area contributed by atoms with Crippen molar-refractivity contribution >= 4 is 11.4 Å². The Bertz CT molecular complexity index is 1340. The second-order valence-corrected chi connectivity index (χ2v) is 7.93. The van der Waals surface area contributed by atoms with Crippen LogP contribution in [-0.2, 0) is 11.3 Å². The van der Waals surface area contributed by atoms with Gasteiger partial charge in [-0.15, -0.1) is 0 Å². The van der Waals surface area contributed by atoms with E-state index in [0.717, 1.165) is 33.3 Å². The lowest BCUT2D eigenvalue weighted by Crippen LogP contribution is -2.29. The Morgan fingerprint density at radius 3 is 2.50 bits per heavy atom. The Hall–Kier alpha value is -3.99. The maximum absolute atomic E-state index is 12.6. The first-order chi connectivity index (χ1) is 15.2. The molecule has 0 aliphatic heterocycles. The van der Waals surface area contributed by atoms with Gasteiger partial charge in [0.2, 0.25) is 5.91 Å². The second-order valence-electron chi connectivity index (χ2n) is 7.93. The summed E-state index contributed by atoms with van der Waals surface area (Å²) in [5.41, 5.74) is 9.46. The third kappa shape index (κ3) is 4.23. The molecule has 1 amide bonds. The van der Waals surface area contributed by atoms with Gasteiger partial charge in [-0.2, -0.15) is 10.2 Å². The van der Waals surface area contributed by atoms with Crippen LogP contribution in [0.5, 0.6) is 0 Å². The van der Waals surface area contributed by atoms with Crippen LogP contribution < -0.4 is 5.73 Å². The van der Waals surface area contributed by atoms with E-state index in [1.807, 2.05) is 42.6 Å². The molecule has 0 saturated carbocycles. The number of amides is 1. The number of halogens is 2. The zero-order valence-corrected chi connectivity index (χ0v) is 17.6. The van der Waals surface area contributed by atoms with Crippen molar-refractivity contribution in [3.05, 3.63) is 66.7 Å². The van der Waals surface area contributed by atoms with Gasteiger partial charge < -0.3 is 5.73 Å². The van der Waals surface area contributed by atoms with Gasteiger partial charge in [0.1, 0.15) is 12.0 Å². The summed E-state index contributed by atoms with van der Waals surface area (Å²) in [4.78, 5) is 11.6. The number of benzene rings is 1. The van der Waals surface area contributed by atoms with Crippen molar-refractivity contribution in [1.82, 2.24) is 19.4 Å². The van der Waals surface area contributed by atoms with Gasteiger partial charge in [-0.25, -0.2) is 13.3 Å². The molecule has 8 heteroatoms. The van der Waals surface area contributed by atoms with E-state index in [1.165, 1.54) is 4.68 Å². The molecule has 3 heterocycles. The molecule has 1 aromatic carbocycles. The summed E-state index contributed by atoms with van der Waals surface area (Å²) >= 11 is 0. The first-order valence-electron chi connectivity index (χ1n) is 9.95. The van der Waals surface area contributed by atoms with Crippen molar-refractivity contribution in [3.8, 4) is 34.1 Å². The van der Waals surface area contributed by atoms with Crippen molar-refractivity contribution < 1.29 is 13.6 Å². The van der Waals surface area contributed by atoms with Gasteiger partial charge in [-0.1, -0.05) is 36.1 Å². The highest BCUT2D eigenvalue weighted by Crippen LogP contribution is 2.29. The van der Waals surface area contributed by atoms with E-state index in [2.05, 4.69) is 22.0 Å². The lowest BCUT2D eigenvalue weighted by Gasteiger charge is -2.11. The SMILES string of the molecule is CC(C)(C#Cc1cccn2ncc(-c3ccc(-c4cnn(CC(F)F)c4)cc3)c12)C(N)=O. The van der Waals surface area contributed by atoms with E-state index in [9.17, 15) is 13.6 Å². The number of carbonyl (C=O) groups is 1. The molecule has 4 rings (SSSR count). The number of alkyl halides is 2. The number of hydrogen-bond acceptors (Lipinski definition) is 3. The van der Waals surface area contributed by atoms with Crippen molar-refractivity contribution in [1.29, 1.82) is 0 Å². The van der Waals surface area contributed by atoms with Crippen molar-refractivity contribution in [2.75, 3.05) is 0 Å². The second kappa shape index (κ2) is 8.27. The maximum Gasteiger partial charge on any atom is 0.257 e. The Morgan fingerprint density at radius 1 is 1.09 bits per heavy atom. The van der Waals surface area contributed by atoms with Gasteiger partial charge in [0.25, 0.3) is 6.43 Å². The van der Waals surface area contributed by atoms with Crippen molar-refractivity contribution in [3.63, 3.8) is 0 Å². The fraction of sp³-hybridized carbons (Fsp3) is 0.208. The normalized spacial score (nSPS) is 11.5. The van der Waals surface area contributed by atoms with Gasteiger partial charge in [-0.3, -0.25) is 9.48 Å². The van der Waals surface area contributed by atoms with Crippen LogP contribution in [0.1, 0.15) is 19.4 Å². The number of nitrogens with zero attached hydrogens (tertiary/aromatic N) is 4. The van der Waals surface area contributed by atoms with Crippen LogP contribution in [0.4, 0.5) is 8.78 Å². The summed E-state index contributed by atoms with van der Waals surface area (Å²) in [6.45, 7) is 2.93. The van der Waals surface area contributed by atoms with E-state index in [0.29, 0.717) is 0 Å². The van der Waals surface area contributed by atoms with E-state index >= 15 is 0 Å². The molecule has 0 aliphatic rings. The monoisotopic (exact) mass is 433 g/mol. The molecule has 0 spiro atoms. The Kier molecular flexibility index (Phi) is 5.49. The third-order valence-electron chi connectivity index (χ3n) is 5.15. The summed E-state index contributed by atoms with van der Waals surface area (Å²) in [7, 11) is 0. The van der Waals surface area contributed by atoms with Gasteiger partial charge >= 0.3 is 0 Å². The lowest BCUT2D eigenvalue weighted by atomic mass is 9.93. The molecule has 0 radical (unpaired) electrons. The van der Waals surface area contributed by atoms with Crippen LogP contribution in [0.25, 0.3) is 27.8 Å². The highest BCUT2D eigenvalue weighted by atomic mass is 19.3. The summed E-state index contributed by atoms with van der Waals surface area (Å²) < 4.78 is 28.1. The molecular formula is C24H21F2N5O. The molecule has 0 fully saturated rings. The van der Waals surface area contributed by atoms with Crippen LogP contribution in [0.15, 0.2) is 61.2 Å². The molecule has 0 saturated heterocycles. The first kappa shape index (κ1) is 21.2.